The molecular formula is C19H24N4O2. The number of nitrogens with one attached hydrogen (secondary N) is 1. The molecule has 6 nitrogen and oxygen atoms in total. The van der Waals surface area contributed by atoms with E-state index in [4.69, 9.17) is 4.74 Å². The quantitative estimate of drug-likeness (QED) is 0.872. The van der Waals surface area contributed by atoms with Crippen LogP contribution in [-0.4, -0.2) is 53.7 Å². The second-order valence-corrected chi connectivity index (χ2v) is 6.92. The van der Waals surface area contributed by atoms with Crippen molar-refractivity contribution >= 4 is 5.82 Å². The smallest absolute Gasteiger partial charge is 0.151 e. The van der Waals surface area contributed by atoms with E-state index in [0.29, 0.717) is 18.3 Å². The van der Waals surface area contributed by atoms with Crippen LogP contribution in [0.4, 0.5) is 5.82 Å². The maximum Gasteiger partial charge on any atom is 0.151 e. The molecule has 2 aliphatic heterocycles. The van der Waals surface area contributed by atoms with Gasteiger partial charge in [-0.15, -0.1) is 10.2 Å². The van der Waals surface area contributed by atoms with Gasteiger partial charge in [0, 0.05) is 18.7 Å². The first kappa shape index (κ1) is 16.3. The molecule has 0 radical (unpaired) electrons. The van der Waals surface area contributed by atoms with Gasteiger partial charge in [-0.25, -0.2) is 0 Å². The van der Waals surface area contributed by atoms with E-state index in [0.717, 1.165) is 48.6 Å². The van der Waals surface area contributed by atoms with Gasteiger partial charge in [-0.05, 0) is 56.1 Å². The van der Waals surface area contributed by atoms with Gasteiger partial charge in [0.15, 0.2) is 5.82 Å². The zero-order chi connectivity index (χ0) is 17.4. The monoisotopic (exact) mass is 340 g/mol. The molecule has 2 saturated heterocycles. The Balaban J connectivity index is 1.62. The number of morpholine rings is 1. The summed E-state index contributed by atoms with van der Waals surface area (Å²) in [5, 5.41) is 22.6. The summed E-state index contributed by atoms with van der Waals surface area (Å²) in [7, 11) is 0. The molecular weight excluding hydrogens is 316 g/mol. The average Bonchev–Trinajstić information content (AvgIpc) is 2.61. The first-order valence-corrected chi connectivity index (χ1v) is 8.87. The molecule has 2 unspecified atom stereocenters. The number of aromatic nitrogens is 2. The van der Waals surface area contributed by atoms with Crippen LogP contribution in [0.25, 0.3) is 11.3 Å². The highest BCUT2D eigenvalue weighted by molar-refractivity contribution is 5.71. The normalized spacial score (nSPS) is 23.4. The van der Waals surface area contributed by atoms with E-state index in [1.54, 1.807) is 6.07 Å². The fourth-order valence-corrected chi connectivity index (χ4v) is 3.99. The third kappa shape index (κ3) is 3.07. The van der Waals surface area contributed by atoms with Gasteiger partial charge in [-0.3, -0.25) is 0 Å². The SMILES string of the molecule is Cc1cc(C)c(-c2ccc(N3CCOC4CNCCC43)nn2)c(O)c1. The van der Waals surface area contributed by atoms with Crippen molar-refractivity contribution in [1.82, 2.24) is 15.5 Å². The van der Waals surface area contributed by atoms with Crippen LogP contribution in [-0.2, 0) is 4.74 Å². The standard InChI is InChI=1S/C19H24N4O2/c1-12-9-13(2)19(16(24)10-12)14-3-4-18(22-21-14)23-7-8-25-17-11-20-6-5-15(17)23/h3-4,9-10,15,17,20,24H,5-8,11H2,1-2H3. The summed E-state index contributed by atoms with van der Waals surface area (Å²) in [5.74, 6) is 1.14. The number of phenols is 1. The van der Waals surface area contributed by atoms with Gasteiger partial charge < -0.3 is 20.1 Å². The van der Waals surface area contributed by atoms with Gasteiger partial charge >= 0.3 is 0 Å². The Labute approximate surface area is 147 Å². The number of nitrogens with zero attached hydrogens (tertiary/aromatic N) is 3. The van der Waals surface area contributed by atoms with Crippen molar-refractivity contribution < 1.29 is 9.84 Å². The van der Waals surface area contributed by atoms with Crippen LogP contribution in [0.3, 0.4) is 0 Å². The lowest BCUT2D eigenvalue weighted by molar-refractivity contribution is -0.000599. The predicted octanol–water partition coefficient (Wildman–Crippen LogP) is 2.03. The predicted molar refractivity (Wildman–Crippen MR) is 97.0 cm³/mol. The highest BCUT2D eigenvalue weighted by Crippen LogP contribution is 2.33. The first-order chi connectivity index (χ1) is 12.1. The number of ether oxygens (including phenoxy) is 1. The van der Waals surface area contributed by atoms with E-state index in [1.807, 2.05) is 32.0 Å². The molecule has 2 fully saturated rings. The van der Waals surface area contributed by atoms with Gasteiger partial charge in [-0.2, -0.15) is 0 Å². The molecule has 0 aliphatic carbocycles. The van der Waals surface area contributed by atoms with E-state index in [-0.39, 0.29) is 11.9 Å². The number of fused-ring (bicyclic) bond motifs is 1. The van der Waals surface area contributed by atoms with Crippen LogP contribution in [0, 0.1) is 13.8 Å². The largest absolute Gasteiger partial charge is 0.507 e. The van der Waals surface area contributed by atoms with Gasteiger partial charge in [0.25, 0.3) is 0 Å². The molecule has 4 rings (SSSR count). The van der Waals surface area contributed by atoms with Gasteiger partial charge in [0.05, 0.1) is 24.4 Å². The van der Waals surface area contributed by atoms with Crippen molar-refractivity contribution in [3.63, 3.8) is 0 Å². The van der Waals surface area contributed by atoms with E-state index >= 15 is 0 Å². The number of phenolic OH excluding ortho intramolecular Hbond substituents is 1. The maximum atomic E-state index is 10.3. The molecule has 2 atom stereocenters. The Bertz CT molecular complexity index is 738. The second kappa shape index (κ2) is 6.61. The fourth-order valence-electron chi connectivity index (χ4n) is 3.99. The molecule has 2 N–H and O–H groups in total. The van der Waals surface area contributed by atoms with Gasteiger partial charge in [-0.1, -0.05) is 6.07 Å². The summed E-state index contributed by atoms with van der Waals surface area (Å²) < 4.78 is 5.88. The Morgan fingerprint density at radius 1 is 1.24 bits per heavy atom. The van der Waals surface area contributed by atoms with E-state index in [9.17, 15) is 5.11 Å². The van der Waals surface area contributed by atoms with E-state index in [2.05, 4.69) is 20.4 Å². The van der Waals surface area contributed by atoms with Gasteiger partial charge in [0.2, 0.25) is 0 Å². The molecule has 0 amide bonds. The van der Waals surface area contributed by atoms with Crippen molar-refractivity contribution in [3.05, 3.63) is 35.4 Å². The lowest BCUT2D eigenvalue weighted by Crippen LogP contribution is -2.58. The fraction of sp³-hybridized carbons (Fsp3) is 0.474. The number of rotatable bonds is 2. The average molecular weight is 340 g/mol. The number of piperidine rings is 1. The minimum absolute atomic E-state index is 0.215. The molecule has 1 aromatic heterocycles. The first-order valence-electron chi connectivity index (χ1n) is 8.87. The number of benzene rings is 1. The van der Waals surface area contributed by atoms with Crippen molar-refractivity contribution in [2.75, 3.05) is 31.1 Å². The van der Waals surface area contributed by atoms with Crippen LogP contribution in [0.1, 0.15) is 17.5 Å². The van der Waals surface area contributed by atoms with Crippen LogP contribution >= 0.6 is 0 Å². The highest BCUT2D eigenvalue weighted by Gasteiger charge is 2.35. The molecule has 0 bridgehead atoms. The van der Waals surface area contributed by atoms with Crippen LogP contribution in [0.15, 0.2) is 24.3 Å². The summed E-state index contributed by atoms with van der Waals surface area (Å²) in [6.45, 7) is 7.40. The number of hydrogen-bond donors (Lipinski definition) is 2. The summed E-state index contributed by atoms with van der Waals surface area (Å²) in [4.78, 5) is 2.31. The molecule has 25 heavy (non-hydrogen) atoms. The molecule has 2 aromatic rings. The van der Waals surface area contributed by atoms with Crippen LogP contribution in [0.2, 0.25) is 0 Å². The minimum Gasteiger partial charge on any atom is -0.507 e. The van der Waals surface area contributed by atoms with Crippen LogP contribution in [0.5, 0.6) is 5.75 Å². The lowest BCUT2D eigenvalue weighted by Gasteiger charge is -2.44. The summed E-state index contributed by atoms with van der Waals surface area (Å²) in [6, 6.07) is 8.12. The Kier molecular flexibility index (Phi) is 4.31. The van der Waals surface area contributed by atoms with Crippen LogP contribution < -0.4 is 10.2 Å². The molecule has 2 aliphatic rings. The summed E-state index contributed by atoms with van der Waals surface area (Å²) >= 11 is 0. The zero-order valence-corrected chi connectivity index (χ0v) is 14.7. The second-order valence-electron chi connectivity index (χ2n) is 6.92. The Morgan fingerprint density at radius 3 is 2.88 bits per heavy atom. The van der Waals surface area contributed by atoms with Crippen molar-refractivity contribution in [1.29, 1.82) is 0 Å². The van der Waals surface area contributed by atoms with Crippen molar-refractivity contribution in [2.24, 2.45) is 0 Å². The van der Waals surface area contributed by atoms with E-state index in [1.165, 1.54) is 0 Å². The molecule has 0 spiro atoms. The lowest BCUT2D eigenvalue weighted by atomic mass is 9.99. The molecule has 1 aromatic carbocycles. The van der Waals surface area contributed by atoms with Gasteiger partial charge in [0.1, 0.15) is 5.75 Å². The summed E-state index contributed by atoms with van der Waals surface area (Å²) in [6.07, 6.45) is 1.26. The molecule has 3 heterocycles. The van der Waals surface area contributed by atoms with Crippen molar-refractivity contribution in [3.8, 4) is 17.0 Å². The minimum atomic E-state index is 0.215. The topological polar surface area (TPSA) is 70.5 Å². The number of aromatic hydroxyl groups is 1. The molecule has 0 saturated carbocycles. The highest BCUT2D eigenvalue weighted by atomic mass is 16.5. The summed E-state index contributed by atoms with van der Waals surface area (Å²) in [5.41, 5.74) is 3.50. The number of anilines is 1. The van der Waals surface area contributed by atoms with Crippen molar-refractivity contribution in [2.45, 2.75) is 32.4 Å². The number of aryl methyl sites for hydroxylation is 2. The Morgan fingerprint density at radius 2 is 2.12 bits per heavy atom. The third-order valence-corrected chi connectivity index (χ3v) is 5.12. The third-order valence-electron chi connectivity index (χ3n) is 5.12. The molecule has 132 valence electrons. The zero-order valence-electron chi connectivity index (χ0n) is 14.7. The molecule has 6 heteroatoms. The number of hydrogen-bond acceptors (Lipinski definition) is 6. The van der Waals surface area contributed by atoms with E-state index < -0.39 is 0 Å². The maximum absolute atomic E-state index is 10.3. The Hall–Kier alpha value is -2.18.